The summed E-state index contributed by atoms with van der Waals surface area (Å²) >= 11 is 0. The van der Waals surface area contributed by atoms with Crippen LogP contribution in [0.3, 0.4) is 0 Å². The molecule has 4 heterocycles. The van der Waals surface area contributed by atoms with Crippen molar-refractivity contribution in [3.63, 3.8) is 0 Å². The van der Waals surface area contributed by atoms with Crippen LogP contribution in [0.5, 0.6) is 0 Å². The van der Waals surface area contributed by atoms with Crippen molar-refractivity contribution in [2.45, 2.75) is 92.2 Å². The molecule has 6 rings (SSSR count). The number of nitrogens with zero attached hydrogens (tertiary/aromatic N) is 4. The summed E-state index contributed by atoms with van der Waals surface area (Å²) in [5.41, 5.74) is 4.48. The summed E-state index contributed by atoms with van der Waals surface area (Å²) in [5.74, 6) is 2.25. The second-order valence-corrected chi connectivity index (χ2v) is 9.85. The van der Waals surface area contributed by atoms with Crippen LogP contribution in [0, 0.1) is 12.2 Å². The molecule has 0 bridgehead atoms. The Bertz CT molecular complexity index is 1080. The first-order valence-electron chi connectivity index (χ1n) is 14.4. The number of rotatable bonds is 2. The van der Waals surface area contributed by atoms with E-state index >= 15 is 0 Å². The molecule has 2 radical (unpaired) electrons. The Morgan fingerprint density at radius 1 is 0.600 bits per heavy atom. The third-order valence-corrected chi connectivity index (χ3v) is 7.24. The fourth-order valence-electron chi connectivity index (χ4n) is 5.51. The third kappa shape index (κ3) is 8.56. The maximum atomic E-state index is 4.84. The number of fused-ring (bicyclic) bond motifs is 2. The van der Waals surface area contributed by atoms with Crippen LogP contribution in [0.15, 0.2) is 82.0 Å². The Labute approximate surface area is 294 Å². The van der Waals surface area contributed by atoms with Gasteiger partial charge in [-0.1, -0.05) is 113 Å². The van der Waals surface area contributed by atoms with Gasteiger partial charge in [0.15, 0.2) is 0 Å². The Hall–Kier alpha value is -0.932. The molecule has 2 aromatic carbocycles. The molecule has 0 aromatic heterocycles. The van der Waals surface area contributed by atoms with Gasteiger partial charge in [0.2, 0.25) is 0 Å². The second-order valence-electron chi connectivity index (χ2n) is 9.85. The summed E-state index contributed by atoms with van der Waals surface area (Å²) < 4.78 is 0. The Morgan fingerprint density at radius 2 is 0.925 bits per heavy atom. The van der Waals surface area contributed by atoms with E-state index in [-0.39, 0.29) is 76.5 Å². The number of allylic oxidation sites excluding steroid dienone is 2. The molecular formula is C34H46N4Y2-2. The zero-order chi connectivity index (χ0) is 27.8. The smallest absolute Gasteiger partial charge is 0.0954 e. The van der Waals surface area contributed by atoms with E-state index in [0.717, 1.165) is 37.6 Å². The summed E-state index contributed by atoms with van der Waals surface area (Å²) in [6.45, 7) is 18.7. The van der Waals surface area contributed by atoms with Gasteiger partial charge in [-0.15, -0.1) is 0 Å². The molecule has 2 aromatic rings. The van der Waals surface area contributed by atoms with Crippen molar-refractivity contribution in [1.82, 2.24) is 9.80 Å². The Balaban J connectivity index is 0.000000341. The van der Waals surface area contributed by atoms with Crippen LogP contribution in [0.2, 0.25) is 0 Å². The van der Waals surface area contributed by atoms with Crippen LogP contribution in [-0.4, -0.2) is 34.6 Å². The molecule has 40 heavy (non-hydrogen) atoms. The number of amidine groups is 2. The van der Waals surface area contributed by atoms with E-state index in [1.54, 1.807) is 0 Å². The standard InChI is InChI=1S/2C15H17N2.2C2H6.2Y/c2*1-12-16-15(2,13-7-4-3-5-8-13)11-14-9-6-10-17(12)14;2*1-2;;/h2*3-5,7-8H,6,9-10H2,1-2H3;2*1-2H3;;/q2*-1;;;;. The predicted molar refractivity (Wildman–Crippen MR) is 162 cm³/mol. The maximum Gasteiger partial charge on any atom is 0.0954 e. The topological polar surface area (TPSA) is 31.2 Å². The third-order valence-electron chi connectivity index (χ3n) is 7.24. The summed E-state index contributed by atoms with van der Waals surface area (Å²) in [6, 6.07) is 20.9. The minimum absolute atomic E-state index is 0. The van der Waals surface area contributed by atoms with Crippen molar-refractivity contribution in [1.29, 1.82) is 0 Å². The van der Waals surface area contributed by atoms with E-state index in [1.165, 1.54) is 35.4 Å². The SMILES string of the molecule is CC.CC.CC1=NC(C)(c2ccccc2)[C-]=C2CCCN21.CC1=NC(C)(c2ccccc2)[C-]=C2CCCN21.[Y].[Y]. The van der Waals surface area contributed by atoms with Gasteiger partial charge in [-0.2, -0.15) is 11.4 Å². The number of hydrogen-bond acceptors (Lipinski definition) is 4. The fraction of sp³-hybridized carbons (Fsp3) is 0.471. The van der Waals surface area contributed by atoms with Crippen LogP contribution in [0.4, 0.5) is 0 Å². The van der Waals surface area contributed by atoms with E-state index in [0.29, 0.717) is 0 Å². The zero-order valence-corrected chi connectivity index (χ0v) is 31.6. The molecule has 2 atom stereocenters. The molecule has 0 saturated carbocycles. The first-order valence-corrected chi connectivity index (χ1v) is 14.4. The van der Waals surface area contributed by atoms with E-state index in [2.05, 4.69) is 98.2 Å². The van der Waals surface area contributed by atoms with Gasteiger partial charge >= 0.3 is 0 Å². The molecule has 0 N–H and O–H groups in total. The van der Waals surface area contributed by atoms with Crippen molar-refractivity contribution in [3.8, 4) is 0 Å². The van der Waals surface area contributed by atoms with Crippen LogP contribution in [0.25, 0.3) is 0 Å². The van der Waals surface area contributed by atoms with E-state index in [9.17, 15) is 0 Å². The molecule has 4 nitrogen and oxygen atoms in total. The zero-order valence-electron chi connectivity index (χ0n) is 26.0. The fourth-order valence-corrected chi connectivity index (χ4v) is 5.51. The molecule has 0 amide bonds. The Kier molecular flexibility index (Phi) is 16.0. The summed E-state index contributed by atoms with van der Waals surface area (Å²) in [5, 5.41) is 0. The summed E-state index contributed by atoms with van der Waals surface area (Å²) in [6.07, 6.45) is 11.9. The van der Waals surface area contributed by atoms with Crippen molar-refractivity contribution < 1.29 is 65.4 Å². The average Bonchev–Trinajstić information content (AvgIpc) is 3.62. The molecule has 6 heteroatoms. The first kappa shape index (κ1) is 37.1. The molecule has 0 aliphatic carbocycles. The van der Waals surface area contributed by atoms with E-state index < -0.39 is 0 Å². The molecular weight excluding hydrogens is 642 g/mol. The largest absolute Gasteiger partial charge is 0.442 e. The summed E-state index contributed by atoms with van der Waals surface area (Å²) in [7, 11) is 0. The van der Waals surface area contributed by atoms with Crippen LogP contribution in [0.1, 0.15) is 92.2 Å². The van der Waals surface area contributed by atoms with Crippen molar-refractivity contribution in [2.75, 3.05) is 13.1 Å². The second kappa shape index (κ2) is 17.2. The Morgan fingerprint density at radius 3 is 1.25 bits per heavy atom. The molecule has 2 fully saturated rings. The minimum Gasteiger partial charge on any atom is -0.442 e. The van der Waals surface area contributed by atoms with Gasteiger partial charge in [-0.25, -0.2) is 0 Å². The van der Waals surface area contributed by atoms with Crippen LogP contribution in [-0.2, 0) is 76.5 Å². The van der Waals surface area contributed by atoms with Gasteiger partial charge < -0.3 is 22.0 Å². The van der Waals surface area contributed by atoms with Gasteiger partial charge in [-0.3, -0.25) is 9.98 Å². The van der Waals surface area contributed by atoms with E-state index in [4.69, 9.17) is 9.98 Å². The van der Waals surface area contributed by atoms with Gasteiger partial charge in [-0.05, 0) is 50.6 Å². The molecule has 210 valence electrons. The van der Waals surface area contributed by atoms with Gasteiger partial charge in [0.1, 0.15) is 0 Å². The monoisotopic (exact) mass is 688 g/mol. The normalized spacial score (nSPS) is 23.7. The quantitative estimate of drug-likeness (QED) is 0.298. The predicted octanol–water partition coefficient (Wildman–Crippen LogP) is 8.28. The molecule has 2 unspecified atom stereocenters. The molecule has 4 aliphatic rings. The number of hydrogen-bond donors (Lipinski definition) is 0. The maximum absolute atomic E-state index is 4.84. The first-order chi connectivity index (χ1) is 18.4. The number of benzene rings is 2. The van der Waals surface area contributed by atoms with Crippen LogP contribution >= 0.6 is 0 Å². The molecule has 4 aliphatic heterocycles. The van der Waals surface area contributed by atoms with Gasteiger partial charge in [0.05, 0.1) is 11.7 Å². The molecule has 0 spiro atoms. The van der Waals surface area contributed by atoms with Gasteiger partial charge in [0, 0.05) is 78.5 Å². The van der Waals surface area contributed by atoms with Crippen molar-refractivity contribution in [3.05, 3.63) is 95.3 Å². The summed E-state index contributed by atoms with van der Waals surface area (Å²) in [4.78, 5) is 14.3. The van der Waals surface area contributed by atoms with Crippen molar-refractivity contribution in [2.24, 2.45) is 9.98 Å². The average molecular weight is 689 g/mol. The number of aliphatic imine (C=N–C) groups is 2. The molecule has 2 saturated heterocycles. The minimum atomic E-state index is -0.304. The van der Waals surface area contributed by atoms with E-state index in [1.807, 2.05) is 39.8 Å². The van der Waals surface area contributed by atoms with Crippen molar-refractivity contribution >= 4 is 11.7 Å². The van der Waals surface area contributed by atoms with Crippen LogP contribution < -0.4 is 0 Å². The van der Waals surface area contributed by atoms with Gasteiger partial charge in [0.25, 0.3) is 0 Å².